The zero-order valence-corrected chi connectivity index (χ0v) is 10.4. The number of carboxylic acid groups (broad SMARTS) is 1. The average Bonchev–Trinajstić information content (AvgIpc) is 2.19. The van der Waals surface area contributed by atoms with E-state index in [4.69, 9.17) is 16.7 Å². The molecular formula is C11H13ClO3S. The maximum atomic E-state index is 10.3. The normalized spacial score (nSPS) is 12.4. The molecule has 0 radical (unpaired) electrons. The molecule has 1 rings (SSSR count). The highest BCUT2D eigenvalue weighted by molar-refractivity contribution is 7.99. The van der Waals surface area contributed by atoms with E-state index in [1.165, 1.54) is 11.8 Å². The van der Waals surface area contributed by atoms with Crippen molar-refractivity contribution in [2.45, 2.75) is 24.3 Å². The van der Waals surface area contributed by atoms with Crippen molar-refractivity contribution in [3.63, 3.8) is 0 Å². The molecule has 1 unspecified atom stereocenters. The molecule has 88 valence electrons. The summed E-state index contributed by atoms with van der Waals surface area (Å²) in [7, 11) is 0. The Bertz CT molecular complexity index is 381. The van der Waals surface area contributed by atoms with Crippen LogP contribution in [0.4, 0.5) is 0 Å². The molecule has 1 aromatic carbocycles. The Morgan fingerprint density at radius 3 is 2.81 bits per heavy atom. The van der Waals surface area contributed by atoms with Crippen molar-refractivity contribution in [2.24, 2.45) is 0 Å². The Morgan fingerprint density at radius 2 is 2.25 bits per heavy atom. The molecular weight excluding hydrogens is 248 g/mol. The van der Waals surface area contributed by atoms with E-state index < -0.39 is 12.1 Å². The number of halogens is 1. The summed E-state index contributed by atoms with van der Waals surface area (Å²) in [5.74, 6) is -0.617. The van der Waals surface area contributed by atoms with Gasteiger partial charge in [-0.25, -0.2) is 0 Å². The van der Waals surface area contributed by atoms with Gasteiger partial charge in [0.25, 0.3) is 0 Å². The minimum absolute atomic E-state index is 0.223. The smallest absolute Gasteiger partial charge is 0.306 e. The summed E-state index contributed by atoms with van der Waals surface area (Å²) in [4.78, 5) is 11.3. The van der Waals surface area contributed by atoms with Crippen molar-refractivity contribution < 1.29 is 15.0 Å². The first kappa shape index (κ1) is 13.4. The highest BCUT2D eigenvalue weighted by Gasteiger charge is 2.10. The van der Waals surface area contributed by atoms with Crippen LogP contribution >= 0.6 is 23.4 Å². The molecule has 0 aromatic heterocycles. The van der Waals surface area contributed by atoms with Gasteiger partial charge in [-0.05, 0) is 30.7 Å². The van der Waals surface area contributed by atoms with Crippen LogP contribution in [0, 0.1) is 6.92 Å². The molecule has 0 aliphatic carbocycles. The van der Waals surface area contributed by atoms with Gasteiger partial charge in [-0.2, -0.15) is 0 Å². The van der Waals surface area contributed by atoms with Gasteiger partial charge in [-0.1, -0.05) is 11.6 Å². The van der Waals surface area contributed by atoms with Gasteiger partial charge < -0.3 is 10.2 Å². The van der Waals surface area contributed by atoms with Gasteiger partial charge in [0.05, 0.1) is 12.5 Å². The number of carbonyl (C=O) groups is 1. The second-order valence-corrected chi connectivity index (χ2v) is 4.97. The second kappa shape index (κ2) is 6.13. The number of aliphatic hydroxyl groups excluding tert-OH is 1. The first-order valence-electron chi connectivity index (χ1n) is 4.78. The quantitative estimate of drug-likeness (QED) is 0.799. The highest BCUT2D eigenvalue weighted by Crippen LogP contribution is 2.24. The second-order valence-electron chi connectivity index (χ2n) is 3.47. The van der Waals surface area contributed by atoms with Crippen LogP contribution in [0.1, 0.15) is 12.0 Å². The number of benzene rings is 1. The molecule has 0 aliphatic rings. The number of thioether (sulfide) groups is 1. The first-order chi connectivity index (χ1) is 7.49. The number of aliphatic carboxylic acids is 1. The zero-order valence-electron chi connectivity index (χ0n) is 8.81. The molecule has 3 nitrogen and oxygen atoms in total. The van der Waals surface area contributed by atoms with Gasteiger partial charge in [0.2, 0.25) is 0 Å². The predicted molar refractivity (Wildman–Crippen MR) is 65.2 cm³/mol. The Kier molecular flexibility index (Phi) is 5.12. The monoisotopic (exact) mass is 260 g/mol. The lowest BCUT2D eigenvalue weighted by Crippen LogP contribution is -2.15. The molecule has 0 fully saturated rings. The third-order valence-electron chi connectivity index (χ3n) is 1.98. The van der Waals surface area contributed by atoms with E-state index in [2.05, 4.69) is 0 Å². The maximum Gasteiger partial charge on any atom is 0.306 e. The van der Waals surface area contributed by atoms with Crippen molar-refractivity contribution in [1.82, 2.24) is 0 Å². The summed E-state index contributed by atoms with van der Waals surface area (Å²) in [6.07, 6.45) is -1.04. The molecule has 1 aromatic rings. The van der Waals surface area contributed by atoms with Gasteiger partial charge in [0.1, 0.15) is 0 Å². The minimum Gasteiger partial charge on any atom is -0.481 e. The lowest BCUT2D eigenvalue weighted by atomic mass is 10.2. The molecule has 0 saturated heterocycles. The van der Waals surface area contributed by atoms with E-state index >= 15 is 0 Å². The van der Waals surface area contributed by atoms with Gasteiger partial charge >= 0.3 is 5.97 Å². The molecule has 1 atom stereocenters. The van der Waals surface area contributed by atoms with Gasteiger partial charge in [-0.3, -0.25) is 4.79 Å². The first-order valence-corrected chi connectivity index (χ1v) is 6.14. The number of aryl methyl sites for hydroxylation is 1. The summed E-state index contributed by atoms with van der Waals surface area (Å²) in [6, 6.07) is 5.57. The molecule has 5 heteroatoms. The molecule has 0 heterocycles. The van der Waals surface area contributed by atoms with Crippen LogP contribution in [0.2, 0.25) is 5.02 Å². The standard InChI is InChI=1S/C11H13ClO3S/c1-7-4-9(2-3-10(7)12)16-6-8(13)5-11(14)15/h2-4,8,13H,5-6H2,1H3,(H,14,15). The van der Waals surface area contributed by atoms with Crippen molar-refractivity contribution in [3.05, 3.63) is 28.8 Å². The number of aliphatic hydroxyl groups is 1. The molecule has 0 amide bonds. The summed E-state index contributed by atoms with van der Waals surface area (Å²) in [6.45, 7) is 1.90. The summed E-state index contributed by atoms with van der Waals surface area (Å²) >= 11 is 7.30. The number of carboxylic acids is 1. The van der Waals surface area contributed by atoms with E-state index in [9.17, 15) is 9.90 Å². The molecule has 0 bridgehead atoms. The van der Waals surface area contributed by atoms with Crippen LogP contribution in [0.5, 0.6) is 0 Å². The van der Waals surface area contributed by atoms with E-state index in [0.717, 1.165) is 10.5 Å². The van der Waals surface area contributed by atoms with Gasteiger partial charge in [0, 0.05) is 15.7 Å². The summed E-state index contributed by atoms with van der Waals surface area (Å²) in [5.41, 5.74) is 0.972. The van der Waals surface area contributed by atoms with E-state index in [-0.39, 0.29) is 6.42 Å². The Hall–Kier alpha value is -0.710. The Labute approximate surface area is 103 Å². The maximum absolute atomic E-state index is 10.3. The fraction of sp³-hybridized carbons (Fsp3) is 0.364. The molecule has 16 heavy (non-hydrogen) atoms. The predicted octanol–water partition coefficient (Wildman–Crippen LogP) is 2.58. The third kappa shape index (κ3) is 4.43. The van der Waals surface area contributed by atoms with E-state index in [0.29, 0.717) is 10.8 Å². The van der Waals surface area contributed by atoms with Crippen LogP contribution in [0.15, 0.2) is 23.1 Å². The Morgan fingerprint density at radius 1 is 1.56 bits per heavy atom. The van der Waals surface area contributed by atoms with Crippen LogP contribution in [-0.2, 0) is 4.79 Å². The molecule has 0 saturated carbocycles. The fourth-order valence-electron chi connectivity index (χ4n) is 1.16. The SMILES string of the molecule is Cc1cc(SCC(O)CC(=O)O)ccc1Cl. The highest BCUT2D eigenvalue weighted by atomic mass is 35.5. The van der Waals surface area contributed by atoms with Gasteiger partial charge in [0.15, 0.2) is 0 Å². The van der Waals surface area contributed by atoms with Crippen molar-refractivity contribution >= 4 is 29.3 Å². The van der Waals surface area contributed by atoms with Crippen LogP contribution < -0.4 is 0 Å². The fourth-order valence-corrected chi connectivity index (χ4v) is 2.20. The lowest BCUT2D eigenvalue weighted by Gasteiger charge is -2.08. The number of rotatable bonds is 5. The third-order valence-corrected chi connectivity index (χ3v) is 3.54. The van der Waals surface area contributed by atoms with Crippen molar-refractivity contribution in [1.29, 1.82) is 0 Å². The zero-order chi connectivity index (χ0) is 12.1. The average molecular weight is 261 g/mol. The molecule has 2 N–H and O–H groups in total. The number of hydrogen-bond acceptors (Lipinski definition) is 3. The van der Waals surface area contributed by atoms with Crippen molar-refractivity contribution in [3.8, 4) is 0 Å². The van der Waals surface area contributed by atoms with Crippen LogP contribution in [0.3, 0.4) is 0 Å². The van der Waals surface area contributed by atoms with Crippen LogP contribution in [-0.4, -0.2) is 28.0 Å². The minimum atomic E-state index is -0.986. The summed E-state index contributed by atoms with van der Waals surface area (Å²) in [5, 5.41) is 18.6. The molecule has 0 aliphatic heterocycles. The van der Waals surface area contributed by atoms with Gasteiger partial charge in [-0.15, -0.1) is 11.8 Å². The lowest BCUT2D eigenvalue weighted by molar-refractivity contribution is -0.138. The van der Waals surface area contributed by atoms with Crippen LogP contribution in [0.25, 0.3) is 0 Å². The van der Waals surface area contributed by atoms with E-state index in [1.54, 1.807) is 6.07 Å². The largest absolute Gasteiger partial charge is 0.481 e. The topological polar surface area (TPSA) is 57.5 Å². The summed E-state index contributed by atoms with van der Waals surface area (Å²) < 4.78 is 0. The number of hydrogen-bond donors (Lipinski definition) is 2. The molecule has 0 spiro atoms. The van der Waals surface area contributed by atoms with Crippen molar-refractivity contribution in [2.75, 3.05) is 5.75 Å². The van der Waals surface area contributed by atoms with E-state index in [1.807, 2.05) is 19.1 Å². The Balaban J connectivity index is 2.48.